The molecule has 0 bridgehead atoms. The molecular formula is C18H17N3O4S. The molecule has 0 aromatic heterocycles. The topological polar surface area (TPSA) is 116 Å². The Morgan fingerprint density at radius 3 is 2.35 bits per heavy atom. The van der Waals surface area contributed by atoms with Crippen LogP contribution in [0.2, 0.25) is 0 Å². The van der Waals surface area contributed by atoms with Gasteiger partial charge in [0, 0.05) is 19.0 Å². The van der Waals surface area contributed by atoms with Crippen molar-refractivity contribution < 1.29 is 18.0 Å². The summed E-state index contributed by atoms with van der Waals surface area (Å²) < 4.78 is 26.4. The molecule has 0 unspecified atom stereocenters. The lowest BCUT2D eigenvalue weighted by molar-refractivity contribution is -0.119. The average molecular weight is 371 g/mol. The van der Waals surface area contributed by atoms with E-state index < -0.39 is 21.7 Å². The van der Waals surface area contributed by atoms with E-state index in [1.54, 1.807) is 24.3 Å². The minimum absolute atomic E-state index is 0.171. The van der Waals surface area contributed by atoms with Crippen molar-refractivity contribution in [2.24, 2.45) is 0 Å². The van der Waals surface area contributed by atoms with Gasteiger partial charge in [0.2, 0.25) is 15.9 Å². The SMILES string of the molecule is CC(=O)NCc1ccc(C(=O)NS(=O)(=O)Cc2ccccc2C#N)cc1. The zero-order chi connectivity index (χ0) is 19.2. The van der Waals surface area contributed by atoms with Crippen molar-refractivity contribution in [3.05, 3.63) is 70.8 Å². The first kappa shape index (κ1) is 19.1. The predicted molar refractivity (Wildman–Crippen MR) is 95.2 cm³/mol. The third kappa shape index (κ3) is 5.43. The predicted octanol–water partition coefficient (Wildman–Crippen LogP) is 1.45. The lowest BCUT2D eigenvalue weighted by Crippen LogP contribution is -2.31. The summed E-state index contributed by atoms with van der Waals surface area (Å²) >= 11 is 0. The first-order valence-electron chi connectivity index (χ1n) is 7.67. The standard InChI is InChI=1S/C18H17N3O4S/c1-13(22)20-11-14-6-8-15(9-7-14)18(23)21-26(24,25)12-17-5-3-2-4-16(17)10-19/h2-9H,11-12H2,1H3,(H,20,22)(H,21,23). The summed E-state index contributed by atoms with van der Waals surface area (Å²) in [6.45, 7) is 1.72. The summed E-state index contributed by atoms with van der Waals surface area (Å²) in [4.78, 5) is 23.0. The van der Waals surface area contributed by atoms with Gasteiger partial charge in [0.1, 0.15) is 0 Å². The van der Waals surface area contributed by atoms with Crippen LogP contribution in [-0.2, 0) is 27.1 Å². The minimum atomic E-state index is -3.95. The van der Waals surface area contributed by atoms with Crippen LogP contribution in [0, 0.1) is 11.3 Å². The maximum absolute atomic E-state index is 12.2. The highest BCUT2D eigenvalue weighted by molar-refractivity contribution is 7.89. The van der Waals surface area contributed by atoms with Crippen molar-refractivity contribution in [3.63, 3.8) is 0 Å². The van der Waals surface area contributed by atoms with Crippen LogP contribution in [-0.4, -0.2) is 20.2 Å². The number of nitrogens with zero attached hydrogens (tertiary/aromatic N) is 1. The molecule has 0 fully saturated rings. The molecule has 2 N–H and O–H groups in total. The number of benzene rings is 2. The average Bonchev–Trinajstić information content (AvgIpc) is 2.60. The van der Waals surface area contributed by atoms with Gasteiger partial charge in [0.15, 0.2) is 0 Å². The van der Waals surface area contributed by atoms with Gasteiger partial charge >= 0.3 is 0 Å². The highest BCUT2D eigenvalue weighted by Gasteiger charge is 2.18. The van der Waals surface area contributed by atoms with Crippen molar-refractivity contribution in [2.75, 3.05) is 0 Å². The molecule has 134 valence electrons. The van der Waals surface area contributed by atoms with Crippen LogP contribution >= 0.6 is 0 Å². The molecule has 7 nitrogen and oxygen atoms in total. The Morgan fingerprint density at radius 2 is 1.73 bits per heavy atom. The van der Waals surface area contributed by atoms with Gasteiger partial charge in [-0.2, -0.15) is 5.26 Å². The summed E-state index contributed by atoms with van der Waals surface area (Å²) in [6, 6.07) is 14.4. The third-order valence-corrected chi connectivity index (χ3v) is 4.68. The van der Waals surface area contributed by atoms with Gasteiger partial charge in [-0.1, -0.05) is 30.3 Å². The van der Waals surface area contributed by atoms with Crippen LogP contribution < -0.4 is 10.0 Å². The zero-order valence-electron chi connectivity index (χ0n) is 14.0. The smallest absolute Gasteiger partial charge is 0.264 e. The van der Waals surface area contributed by atoms with E-state index >= 15 is 0 Å². The molecular weight excluding hydrogens is 354 g/mol. The largest absolute Gasteiger partial charge is 0.352 e. The first-order chi connectivity index (χ1) is 12.3. The number of carbonyl (C=O) groups is 2. The second kappa shape index (κ2) is 8.27. The highest BCUT2D eigenvalue weighted by atomic mass is 32.2. The molecule has 0 radical (unpaired) electrons. The molecule has 0 spiro atoms. The van der Waals surface area contributed by atoms with Gasteiger partial charge in [0.05, 0.1) is 17.4 Å². The first-order valence-corrected chi connectivity index (χ1v) is 9.32. The molecule has 2 aromatic carbocycles. The van der Waals surface area contributed by atoms with Crippen LogP contribution in [0.1, 0.15) is 34.0 Å². The lowest BCUT2D eigenvalue weighted by atomic mass is 10.1. The quantitative estimate of drug-likeness (QED) is 0.797. The lowest BCUT2D eigenvalue weighted by Gasteiger charge is -2.09. The van der Waals surface area contributed by atoms with E-state index in [2.05, 4.69) is 5.32 Å². The molecule has 0 saturated carbocycles. The minimum Gasteiger partial charge on any atom is -0.352 e. The Labute approximate surface area is 151 Å². The van der Waals surface area contributed by atoms with Gasteiger partial charge < -0.3 is 5.32 Å². The van der Waals surface area contributed by atoms with Crippen molar-refractivity contribution >= 4 is 21.8 Å². The molecule has 0 heterocycles. The maximum atomic E-state index is 12.2. The number of hydrogen-bond donors (Lipinski definition) is 2. The van der Waals surface area contributed by atoms with Gasteiger partial charge in [-0.15, -0.1) is 0 Å². The molecule has 0 aliphatic carbocycles. The number of nitriles is 1. The van der Waals surface area contributed by atoms with Gasteiger partial charge in [-0.25, -0.2) is 13.1 Å². The van der Waals surface area contributed by atoms with E-state index in [1.165, 1.54) is 31.2 Å². The Bertz CT molecular complexity index is 961. The fraction of sp³-hybridized carbons (Fsp3) is 0.167. The number of amides is 2. The highest BCUT2D eigenvalue weighted by Crippen LogP contribution is 2.12. The van der Waals surface area contributed by atoms with E-state index in [-0.39, 0.29) is 17.0 Å². The van der Waals surface area contributed by atoms with Crippen molar-refractivity contribution in [2.45, 2.75) is 19.2 Å². The molecule has 0 saturated heterocycles. The molecule has 2 rings (SSSR count). The Hall–Kier alpha value is -3.18. The van der Waals surface area contributed by atoms with Crippen molar-refractivity contribution in [3.8, 4) is 6.07 Å². The number of nitrogens with one attached hydrogen (secondary N) is 2. The fourth-order valence-electron chi connectivity index (χ4n) is 2.20. The summed E-state index contributed by atoms with van der Waals surface area (Å²) in [5.74, 6) is -1.40. The van der Waals surface area contributed by atoms with Crippen molar-refractivity contribution in [1.29, 1.82) is 5.26 Å². The Balaban J connectivity index is 2.06. The number of sulfonamides is 1. The Kier molecular flexibility index (Phi) is 6.09. The molecule has 26 heavy (non-hydrogen) atoms. The molecule has 0 aliphatic heterocycles. The van der Waals surface area contributed by atoms with Crippen LogP contribution in [0.3, 0.4) is 0 Å². The van der Waals surface area contributed by atoms with E-state index in [9.17, 15) is 18.0 Å². The van der Waals surface area contributed by atoms with Crippen LogP contribution in [0.15, 0.2) is 48.5 Å². The van der Waals surface area contributed by atoms with Crippen LogP contribution in [0.4, 0.5) is 0 Å². The van der Waals surface area contributed by atoms with E-state index in [1.807, 2.05) is 10.8 Å². The Morgan fingerprint density at radius 1 is 1.08 bits per heavy atom. The second-order valence-electron chi connectivity index (χ2n) is 5.57. The summed E-state index contributed by atoms with van der Waals surface area (Å²) in [7, 11) is -3.95. The monoisotopic (exact) mass is 371 g/mol. The number of carbonyl (C=O) groups excluding carboxylic acids is 2. The van der Waals surface area contributed by atoms with E-state index in [0.29, 0.717) is 12.1 Å². The molecule has 2 amide bonds. The number of hydrogen-bond acceptors (Lipinski definition) is 5. The van der Waals surface area contributed by atoms with E-state index in [4.69, 9.17) is 5.26 Å². The molecule has 0 aliphatic rings. The molecule has 2 aromatic rings. The van der Waals surface area contributed by atoms with Gasteiger partial charge in [0.25, 0.3) is 5.91 Å². The van der Waals surface area contributed by atoms with Crippen molar-refractivity contribution in [1.82, 2.24) is 10.0 Å². The van der Waals surface area contributed by atoms with E-state index in [0.717, 1.165) is 5.56 Å². The molecule has 0 atom stereocenters. The third-order valence-electron chi connectivity index (χ3n) is 3.49. The zero-order valence-corrected chi connectivity index (χ0v) is 14.8. The van der Waals surface area contributed by atoms with Gasteiger partial charge in [-0.3, -0.25) is 9.59 Å². The molecule has 8 heteroatoms. The second-order valence-corrected chi connectivity index (χ2v) is 7.29. The fourth-order valence-corrected chi connectivity index (χ4v) is 3.33. The maximum Gasteiger partial charge on any atom is 0.264 e. The van der Waals surface area contributed by atoms with Crippen LogP contribution in [0.25, 0.3) is 0 Å². The number of rotatable bonds is 6. The van der Waals surface area contributed by atoms with Gasteiger partial charge in [-0.05, 0) is 29.3 Å². The van der Waals surface area contributed by atoms with Crippen LogP contribution in [0.5, 0.6) is 0 Å². The summed E-state index contributed by atoms with van der Waals surface area (Å²) in [5, 5.41) is 11.6. The summed E-state index contributed by atoms with van der Waals surface area (Å²) in [5.41, 5.74) is 1.52. The normalized spacial score (nSPS) is 10.6. The summed E-state index contributed by atoms with van der Waals surface area (Å²) in [6.07, 6.45) is 0.